The highest BCUT2D eigenvalue weighted by Gasteiger charge is 2.38. The summed E-state index contributed by atoms with van der Waals surface area (Å²) in [5, 5.41) is 3.05. The van der Waals surface area contributed by atoms with Crippen LogP contribution in [-0.4, -0.2) is 35.5 Å². The van der Waals surface area contributed by atoms with E-state index in [1.807, 2.05) is 4.90 Å². The molecule has 1 amide bonds. The molecular formula is C18H27Cl2F2N3O. The molecule has 0 bridgehead atoms. The summed E-state index contributed by atoms with van der Waals surface area (Å²) in [7, 11) is 0. The molecule has 2 aliphatic rings. The number of nitrogens with one attached hydrogen (secondary N) is 1. The molecule has 0 spiro atoms. The van der Waals surface area contributed by atoms with E-state index in [0.29, 0.717) is 6.54 Å². The molecule has 3 rings (SSSR count). The number of hydrogen-bond donors (Lipinski definition) is 2. The number of carbonyl (C=O) groups is 1. The smallest absolute Gasteiger partial charge is 0.240 e. The SMILES string of the molecule is Cl.Cl.NC1(C(=O)NC2CCCN(Cc3c(F)cccc3F)C2)CCCC1. The van der Waals surface area contributed by atoms with Crippen LogP contribution in [0.25, 0.3) is 0 Å². The Bertz CT molecular complexity index is 592. The van der Waals surface area contributed by atoms with Gasteiger partial charge in [-0.25, -0.2) is 8.78 Å². The van der Waals surface area contributed by atoms with Crippen molar-refractivity contribution in [1.29, 1.82) is 0 Å². The molecule has 1 aromatic carbocycles. The predicted octanol–water partition coefficient (Wildman–Crippen LogP) is 3.16. The van der Waals surface area contributed by atoms with Crippen LogP contribution in [0, 0.1) is 11.6 Å². The zero-order valence-corrected chi connectivity index (χ0v) is 16.3. The molecule has 3 N–H and O–H groups in total. The first kappa shape index (κ1) is 23.1. The lowest BCUT2D eigenvalue weighted by molar-refractivity contribution is -0.127. The average Bonchev–Trinajstić information content (AvgIpc) is 3.00. The van der Waals surface area contributed by atoms with E-state index in [1.54, 1.807) is 0 Å². The van der Waals surface area contributed by atoms with E-state index in [4.69, 9.17) is 5.73 Å². The first-order valence-corrected chi connectivity index (χ1v) is 8.73. The van der Waals surface area contributed by atoms with Gasteiger partial charge in [0.2, 0.25) is 5.91 Å². The number of rotatable bonds is 4. The molecule has 1 aliphatic heterocycles. The third kappa shape index (κ3) is 5.28. The zero-order valence-electron chi connectivity index (χ0n) is 14.7. The predicted molar refractivity (Wildman–Crippen MR) is 103 cm³/mol. The number of benzene rings is 1. The van der Waals surface area contributed by atoms with E-state index in [-0.39, 0.29) is 48.9 Å². The lowest BCUT2D eigenvalue weighted by Crippen LogP contribution is -2.57. The van der Waals surface area contributed by atoms with Gasteiger partial charge in [-0.05, 0) is 44.4 Å². The van der Waals surface area contributed by atoms with E-state index < -0.39 is 17.2 Å². The number of nitrogens with zero attached hydrogens (tertiary/aromatic N) is 1. The van der Waals surface area contributed by atoms with Crippen LogP contribution < -0.4 is 11.1 Å². The van der Waals surface area contributed by atoms with Crippen molar-refractivity contribution < 1.29 is 13.6 Å². The lowest BCUT2D eigenvalue weighted by Gasteiger charge is -2.35. The summed E-state index contributed by atoms with van der Waals surface area (Å²) in [6.07, 6.45) is 5.21. The van der Waals surface area contributed by atoms with Crippen LogP contribution in [0.2, 0.25) is 0 Å². The summed E-state index contributed by atoms with van der Waals surface area (Å²) in [5.41, 5.74) is 5.55. The Hall–Kier alpha value is -0.950. The van der Waals surface area contributed by atoms with Crippen LogP contribution in [0.5, 0.6) is 0 Å². The van der Waals surface area contributed by atoms with Crippen LogP contribution in [0.15, 0.2) is 18.2 Å². The van der Waals surface area contributed by atoms with Gasteiger partial charge >= 0.3 is 0 Å². The maximum Gasteiger partial charge on any atom is 0.240 e. The molecule has 1 heterocycles. The van der Waals surface area contributed by atoms with Crippen molar-refractivity contribution in [1.82, 2.24) is 10.2 Å². The Morgan fingerprint density at radius 1 is 1.19 bits per heavy atom. The van der Waals surface area contributed by atoms with Crippen molar-refractivity contribution >= 4 is 30.7 Å². The van der Waals surface area contributed by atoms with E-state index in [9.17, 15) is 13.6 Å². The Kier molecular flexibility index (Phi) is 8.73. The standard InChI is InChI=1S/C18H25F2N3O.2ClH/c19-15-6-3-7-16(20)14(15)12-23-10-4-5-13(11-23)22-17(24)18(21)8-1-2-9-18;;/h3,6-7,13H,1-2,4-5,8-12,21H2,(H,22,24);2*1H. The maximum atomic E-state index is 13.8. The second-order valence-electron chi connectivity index (χ2n) is 7.11. The molecule has 1 atom stereocenters. The summed E-state index contributed by atoms with van der Waals surface area (Å²) < 4.78 is 27.6. The van der Waals surface area contributed by atoms with Gasteiger partial charge in [0.15, 0.2) is 0 Å². The maximum absolute atomic E-state index is 13.8. The van der Waals surface area contributed by atoms with E-state index in [1.165, 1.54) is 18.2 Å². The highest BCUT2D eigenvalue weighted by Crippen LogP contribution is 2.28. The van der Waals surface area contributed by atoms with Crippen molar-refractivity contribution in [3.05, 3.63) is 35.4 Å². The quantitative estimate of drug-likeness (QED) is 0.802. The van der Waals surface area contributed by atoms with Gasteiger partial charge in [-0.3, -0.25) is 9.69 Å². The molecule has 0 radical (unpaired) electrons. The van der Waals surface area contributed by atoms with Crippen molar-refractivity contribution in [3.63, 3.8) is 0 Å². The molecule has 1 saturated heterocycles. The van der Waals surface area contributed by atoms with Gasteiger partial charge in [0.05, 0.1) is 5.54 Å². The summed E-state index contributed by atoms with van der Waals surface area (Å²) in [4.78, 5) is 14.4. The minimum atomic E-state index is -0.736. The Labute approximate surface area is 165 Å². The average molecular weight is 410 g/mol. The summed E-state index contributed by atoms with van der Waals surface area (Å²) >= 11 is 0. The van der Waals surface area contributed by atoms with E-state index in [0.717, 1.165) is 45.1 Å². The number of likely N-dealkylation sites (tertiary alicyclic amines) is 1. The molecule has 1 aromatic rings. The van der Waals surface area contributed by atoms with Gasteiger partial charge in [-0.1, -0.05) is 18.9 Å². The van der Waals surface area contributed by atoms with Crippen molar-refractivity contribution in [3.8, 4) is 0 Å². The van der Waals surface area contributed by atoms with Gasteiger partial charge in [0, 0.05) is 24.7 Å². The molecular weight excluding hydrogens is 383 g/mol. The van der Waals surface area contributed by atoms with Crippen LogP contribution in [0.4, 0.5) is 8.78 Å². The number of halogens is 4. The highest BCUT2D eigenvalue weighted by atomic mass is 35.5. The number of hydrogen-bond acceptors (Lipinski definition) is 3. The molecule has 26 heavy (non-hydrogen) atoms. The molecule has 148 valence electrons. The molecule has 0 aromatic heterocycles. The topological polar surface area (TPSA) is 58.4 Å². The molecule has 1 saturated carbocycles. The summed E-state index contributed by atoms with van der Waals surface area (Å²) in [6, 6.07) is 3.91. The first-order chi connectivity index (χ1) is 11.5. The molecule has 1 aliphatic carbocycles. The Morgan fingerprint density at radius 2 is 1.81 bits per heavy atom. The zero-order chi connectivity index (χ0) is 17.2. The van der Waals surface area contributed by atoms with Crippen LogP contribution in [0.3, 0.4) is 0 Å². The monoisotopic (exact) mass is 409 g/mol. The minimum Gasteiger partial charge on any atom is -0.350 e. The number of carbonyl (C=O) groups excluding carboxylic acids is 1. The fraction of sp³-hybridized carbons (Fsp3) is 0.611. The molecule has 2 fully saturated rings. The number of nitrogens with two attached hydrogens (primary N) is 1. The van der Waals surface area contributed by atoms with Gasteiger partial charge in [0.1, 0.15) is 11.6 Å². The largest absolute Gasteiger partial charge is 0.350 e. The van der Waals surface area contributed by atoms with Crippen LogP contribution in [0.1, 0.15) is 44.1 Å². The summed E-state index contributed by atoms with van der Waals surface area (Å²) in [6.45, 7) is 1.59. The van der Waals surface area contributed by atoms with E-state index in [2.05, 4.69) is 5.32 Å². The van der Waals surface area contributed by atoms with Crippen molar-refractivity contribution in [2.75, 3.05) is 13.1 Å². The molecule has 4 nitrogen and oxygen atoms in total. The van der Waals surface area contributed by atoms with Crippen molar-refractivity contribution in [2.45, 2.75) is 56.7 Å². The van der Waals surface area contributed by atoms with Crippen LogP contribution >= 0.6 is 24.8 Å². The molecule has 1 unspecified atom stereocenters. The molecule has 8 heteroatoms. The fourth-order valence-electron chi connectivity index (χ4n) is 3.79. The third-order valence-corrected chi connectivity index (χ3v) is 5.23. The van der Waals surface area contributed by atoms with Gasteiger partial charge in [-0.2, -0.15) is 0 Å². The van der Waals surface area contributed by atoms with Crippen molar-refractivity contribution in [2.24, 2.45) is 5.73 Å². The number of piperidine rings is 1. The fourth-order valence-corrected chi connectivity index (χ4v) is 3.79. The third-order valence-electron chi connectivity index (χ3n) is 5.23. The highest BCUT2D eigenvalue weighted by molar-refractivity contribution is 5.86. The lowest BCUT2D eigenvalue weighted by atomic mass is 9.96. The van der Waals surface area contributed by atoms with Gasteiger partial charge in [0.25, 0.3) is 0 Å². The minimum absolute atomic E-state index is 0. The van der Waals surface area contributed by atoms with Gasteiger partial charge < -0.3 is 11.1 Å². The number of amides is 1. The second kappa shape index (κ2) is 9.83. The Morgan fingerprint density at radius 3 is 2.42 bits per heavy atom. The summed E-state index contributed by atoms with van der Waals surface area (Å²) in [5.74, 6) is -1.12. The van der Waals surface area contributed by atoms with Gasteiger partial charge in [-0.15, -0.1) is 24.8 Å². The normalized spacial score (nSPS) is 22.2. The Balaban J connectivity index is 0.00000169. The first-order valence-electron chi connectivity index (χ1n) is 8.73. The van der Waals surface area contributed by atoms with Crippen LogP contribution in [-0.2, 0) is 11.3 Å². The second-order valence-corrected chi connectivity index (χ2v) is 7.11. The van der Waals surface area contributed by atoms with E-state index >= 15 is 0 Å².